The number of halogens is 3. The minimum Gasteiger partial charge on any atom is -0.371 e. The van der Waals surface area contributed by atoms with Gasteiger partial charge in [0.25, 0.3) is 30.1 Å². The van der Waals surface area contributed by atoms with Crippen LogP contribution in [0.2, 0.25) is 0 Å². The van der Waals surface area contributed by atoms with Crippen LogP contribution in [-0.2, 0) is 53.9 Å². The summed E-state index contributed by atoms with van der Waals surface area (Å²) >= 11 is 0. The minimum absolute atomic E-state index is 0.113. The van der Waals surface area contributed by atoms with Crippen LogP contribution in [0.3, 0.4) is 0 Å². The lowest BCUT2D eigenvalue weighted by molar-refractivity contribution is -0.137. The molecule has 0 radical (unpaired) electrons. The van der Waals surface area contributed by atoms with Crippen LogP contribution in [0, 0.1) is 0 Å². The first-order valence-corrected chi connectivity index (χ1v) is 36.0. The predicted octanol–water partition coefficient (Wildman–Crippen LogP) is 12.0. The van der Waals surface area contributed by atoms with Crippen molar-refractivity contribution in [1.82, 2.24) is 31.6 Å². The zero-order valence-corrected chi connectivity index (χ0v) is 56.3. The monoisotopic (exact) mass is 1330 g/mol. The Bertz CT molecular complexity index is 4880. The van der Waals surface area contributed by atoms with Gasteiger partial charge < -0.3 is 29.4 Å². The largest absolute Gasteiger partial charge is 0.416 e. The Kier molecular flexibility index (Phi) is 18.3. The van der Waals surface area contributed by atoms with Crippen LogP contribution in [0.1, 0.15) is 73.4 Å². The molecule has 23 heteroatoms. The molecule has 5 aliphatic rings. The maximum atomic E-state index is 13.8. The van der Waals surface area contributed by atoms with E-state index in [-0.39, 0.29) is 21.2 Å². The molecular weight excluding hydrogens is 1260 g/mol. The molecule has 5 aliphatic heterocycles. The fraction of sp³-hybridized carbons (Fsp3) is 0.324. The van der Waals surface area contributed by atoms with Crippen molar-refractivity contribution in [2.45, 2.75) is 73.7 Å². The standard InChI is InChI=1S/C25H26F3N3O2S.C23H26N4O2S.C23H25N3O3S/c1-3-30-13-10-18-4-6-20(15-24(18)30)34(32,33)31-16-22(17-8-11-29(2)12-9-17)21-14-19(25(26,27)28)5-7-23(21)31;1-3-26-14-10-18-6-7-19(15-22(18)26)30(28,29)27-16-21(17-8-12-25(2)13-9-17)20-5-4-11-24-23(20)27;1-17(27)25(3)19-8-10-20(11-9-19)30(28,29)26-16-22(18-12-14-24(2)15-13-18)21-6-4-5-7-23(21)26/h4-8,14-16H,3,9-13H2,1-2H3;4-8,11,15-16H,3,9-10,12-14H2,1-2H3;4-12,16H,13-15H2,1-3H3. The molecule has 0 unspecified atom stereocenters. The van der Waals surface area contributed by atoms with Crippen LogP contribution in [0.15, 0.2) is 173 Å². The normalized spacial score (nSPS) is 16.7. The van der Waals surface area contributed by atoms with Crippen LogP contribution in [0.4, 0.5) is 30.2 Å². The van der Waals surface area contributed by atoms with Gasteiger partial charge in [0.1, 0.15) is 0 Å². The first-order chi connectivity index (χ1) is 44.9. The number of rotatable bonds is 12. The summed E-state index contributed by atoms with van der Waals surface area (Å²) in [4.78, 5) is 29.1. The van der Waals surface area contributed by atoms with Gasteiger partial charge in [-0.2, -0.15) is 13.2 Å². The maximum absolute atomic E-state index is 13.8. The van der Waals surface area contributed by atoms with E-state index in [1.807, 2.05) is 74.6 Å². The number of carbonyl (C=O) groups excluding carboxylic acids is 1. The number of benzene rings is 5. The molecule has 9 aromatic rings. The van der Waals surface area contributed by atoms with E-state index < -0.39 is 41.8 Å². The highest BCUT2D eigenvalue weighted by Crippen LogP contribution is 2.41. The van der Waals surface area contributed by atoms with Crippen molar-refractivity contribution in [3.8, 4) is 0 Å². The van der Waals surface area contributed by atoms with Crippen LogP contribution < -0.4 is 14.7 Å². The summed E-state index contributed by atoms with van der Waals surface area (Å²) in [7, 11) is -3.76. The molecular formula is C71H77F3N10O7S3. The molecule has 492 valence electrons. The molecule has 14 rings (SSSR count). The van der Waals surface area contributed by atoms with Gasteiger partial charge in [0, 0.05) is 154 Å². The molecule has 0 bridgehead atoms. The molecule has 17 nitrogen and oxygen atoms in total. The Balaban J connectivity index is 0.000000136. The summed E-state index contributed by atoms with van der Waals surface area (Å²) in [5.41, 5.74) is 11.2. The summed E-state index contributed by atoms with van der Waals surface area (Å²) in [6, 6.07) is 31.7. The van der Waals surface area contributed by atoms with Crippen LogP contribution in [-0.4, -0.2) is 156 Å². The number of pyridine rings is 1. The highest BCUT2D eigenvalue weighted by molar-refractivity contribution is 7.90. The molecule has 9 heterocycles. The van der Waals surface area contributed by atoms with E-state index in [9.17, 15) is 43.2 Å². The van der Waals surface area contributed by atoms with Gasteiger partial charge >= 0.3 is 6.18 Å². The fourth-order valence-electron chi connectivity index (χ4n) is 13.1. The number of hydrogen-bond acceptors (Lipinski definition) is 13. The van der Waals surface area contributed by atoms with Gasteiger partial charge in [0.15, 0.2) is 5.65 Å². The Hall–Kier alpha value is -8.32. The van der Waals surface area contributed by atoms with Crippen molar-refractivity contribution in [2.75, 3.05) is 108 Å². The SMILES string of the molecule is CC(=O)N(C)c1ccc(S(=O)(=O)n2cc(C3=CCN(C)CC3)c3ccccc32)cc1.CCN1CCc2ccc(S(=O)(=O)n3cc(C4=CCN(C)CC4)c4cc(C(F)(F)F)ccc43)cc21.CCN1CCc2ccc(S(=O)(=O)n3cc(C4=CCN(C)CC4)c4cccnc43)cc21. The first-order valence-electron chi connectivity index (χ1n) is 31.7. The second-order valence-corrected chi connectivity index (χ2v) is 30.1. The third-order valence-electron chi connectivity index (χ3n) is 18.8. The number of para-hydroxylation sites is 1. The van der Waals surface area contributed by atoms with E-state index in [0.717, 1.165) is 145 Å². The molecule has 0 fully saturated rings. The minimum atomic E-state index is -4.52. The molecule has 0 N–H and O–H groups in total. The van der Waals surface area contributed by atoms with Gasteiger partial charge in [-0.05, 0) is 180 Å². The molecule has 0 saturated heterocycles. The Morgan fingerprint density at radius 1 is 0.511 bits per heavy atom. The number of hydrogen-bond donors (Lipinski definition) is 0. The van der Waals surface area contributed by atoms with Crippen molar-refractivity contribution in [3.63, 3.8) is 0 Å². The molecule has 0 atom stereocenters. The lowest BCUT2D eigenvalue weighted by Crippen LogP contribution is -2.23. The average molecular weight is 1340 g/mol. The summed E-state index contributed by atoms with van der Waals surface area (Å²) in [6.45, 7) is 14.1. The number of aromatic nitrogens is 4. The van der Waals surface area contributed by atoms with Gasteiger partial charge in [-0.3, -0.25) is 4.79 Å². The molecule has 94 heavy (non-hydrogen) atoms. The molecule has 0 spiro atoms. The van der Waals surface area contributed by atoms with Crippen molar-refractivity contribution >= 4 is 103 Å². The Morgan fingerprint density at radius 2 is 0.957 bits per heavy atom. The van der Waals surface area contributed by atoms with Gasteiger partial charge in [-0.25, -0.2) is 42.2 Å². The van der Waals surface area contributed by atoms with Crippen LogP contribution in [0.5, 0.6) is 0 Å². The van der Waals surface area contributed by atoms with Gasteiger partial charge in [-0.1, -0.05) is 48.6 Å². The zero-order valence-electron chi connectivity index (χ0n) is 53.8. The highest BCUT2D eigenvalue weighted by Gasteiger charge is 2.34. The van der Waals surface area contributed by atoms with Crippen LogP contribution in [0.25, 0.3) is 49.6 Å². The molecule has 0 aliphatic carbocycles. The summed E-state index contributed by atoms with van der Waals surface area (Å²) in [5.74, 6) is -0.113. The number of amides is 1. The highest BCUT2D eigenvalue weighted by atomic mass is 32.2. The van der Waals surface area contributed by atoms with Crippen molar-refractivity contribution < 1.29 is 43.2 Å². The second-order valence-electron chi connectivity index (χ2n) is 24.7. The van der Waals surface area contributed by atoms with Crippen molar-refractivity contribution in [1.29, 1.82) is 0 Å². The first kappa shape index (κ1) is 65.7. The Labute approximate surface area is 548 Å². The third-order valence-corrected chi connectivity index (χ3v) is 23.8. The van der Waals surface area contributed by atoms with Gasteiger partial charge in [0.05, 0.1) is 31.3 Å². The van der Waals surface area contributed by atoms with E-state index >= 15 is 0 Å². The topological polar surface area (TPSA) is 167 Å². The maximum Gasteiger partial charge on any atom is 0.416 e. The van der Waals surface area contributed by atoms with E-state index in [1.54, 1.807) is 68.1 Å². The van der Waals surface area contributed by atoms with Gasteiger partial charge in [-0.15, -0.1) is 0 Å². The van der Waals surface area contributed by atoms with Crippen molar-refractivity contribution in [2.24, 2.45) is 0 Å². The summed E-state index contributed by atoms with van der Waals surface area (Å²) < 4.78 is 126. The average Bonchev–Trinajstić information content (AvgIpc) is 1.60. The van der Waals surface area contributed by atoms with E-state index in [1.165, 1.54) is 48.7 Å². The number of fused-ring (bicyclic) bond motifs is 5. The number of carbonyl (C=O) groups is 1. The number of anilines is 3. The van der Waals surface area contributed by atoms with Gasteiger partial charge in [0.2, 0.25) is 5.91 Å². The zero-order chi connectivity index (χ0) is 66.6. The third kappa shape index (κ3) is 12.6. The number of nitrogens with zero attached hydrogens (tertiary/aromatic N) is 10. The molecule has 4 aromatic heterocycles. The lowest BCUT2D eigenvalue weighted by Gasteiger charge is -2.21. The smallest absolute Gasteiger partial charge is 0.371 e. The quantitative estimate of drug-likeness (QED) is 0.113. The van der Waals surface area contributed by atoms with E-state index in [0.29, 0.717) is 45.7 Å². The fourth-order valence-corrected chi connectivity index (χ4v) is 17.2. The van der Waals surface area contributed by atoms with Crippen LogP contribution >= 0.6 is 0 Å². The molecule has 0 saturated carbocycles. The summed E-state index contributed by atoms with van der Waals surface area (Å²) in [6.07, 6.45) is 12.7. The lowest BCUT2D eigenvalue weighted by atomic mass is 9.98. The molecule has 1 amide bonds. The number of alkyl halides is 3. The molecule has 5 aromatic carbocycles. The van der Waals surface area contributed by atoms with Crippen molar-refractivity contribution in [3.05, 3.63) is 192 Å². The second kappa shape index (κ2) is 26.1. The van der Waals surface area contributed by atoms with E-state index in [4.69, 9.17) is 0 Å². The Morgan fingerprint density at radius 3 is 1.45 bits per heavy atom. The summed E-state index contributed by atoms with van der Waals surface area (Å²) in [5, 5.41) is 2.11. The number of likely N-dealkylation sites (N-methyl/N-ethyl adjacent to an activating group) is 5. The van der Waals surface area contributed by atoms with E-state index in [2.05, 4.69) is 62.7 Å². The predicted molar refractivity (Wildman–Crippen MR) is 368 cm³/mol.